The van der Waals surface area contributed by atoms with Gasteiger partial charge in [-0.05, 0) is 42.5 Å². The molecule has 0 saturated carbocycles. The number of ether oxygens (including phenoxy) is 2. The highest BCUT2D eigenvalue weighted by Gasteiger charge is 2.35. The van der Waals surface area contributed by atoms with Crippen LogP contribution in [0.3, 0.4) is 0 Å². The molecule has 0 saturated heterocycles. The lowest BCUT2D eigenvalue weighted by Gasteiger charge is -2.39. The molecular formula is C15H24N2O2. The third-order valence-corrected chi connectivity index (χ3v) is 4.00. The Hall–Kier alpha value is -1.10. The van der Waals surface area contributed by atoms with E-state index in [4.69, 9.17) is 15.2 Å². The van der Waals surface area contributed by atoms with E-state index in [1.165, 1.54) is 11.1 Å². The van der Waals surface area contributed by atoms with Gasteiger partial charge < -0.3 is 20.5 Å². The van der Waals surface area contributed by atoms with Gasteiger partial charge in [0.2, 0.25) is 0 Å². The van der Waals surface area contributed by atoms with E-state index in [1.807, 2.05) is 6.07 Å². The summed E-state index contributed by atoms with van der Waals surface area (Å²) < 4.78 is 10.5. The fourth-order valence-electron chi connectivity index (χ4n) is 2.92. The number of rotatable bonds is 6. The molecule has 4 heteroatoms. The molecule has 106 valence electrons. The molecule has 4 nitrogen and oxygen atoms in total. The summed E-state index contributed by atoms with van der Waals surface area (Å²) in [6, 6.07) is 6.32. The van der Waals surface area contributed by atoms with E-state index < -0.39 is 0 Å². The number of benzene rings is 1. The molecule has 0 fully saturated rings. The van der Waals surface area contributed by atoms with Crippen LogP contribution in [0.2, 0.25) is 0 Å². The largest absolute Gasteiger partial charge is 0.497 e. The molecule has 0 aromatic heterocycles. The predicted octanol–water partition coefficient (Wildman–Crippen LogP) is 1.42. The fraction of sp³-hybridized carbons (Fsp3) is 0.600. The predicted molar refractivity (Wildman–Crippen MR) is 76.5 cm³/mol. The van der Waals surface area contributed by atoms with Gasteiger partial charge >= 0.3 is 0 Å². The summed E-state index contributed by atoms with van der Waals surface area (Å²) >= 11 is 0. The summed E-state index contributed by atoms with van der Waals surface area (Å²) in [4.78, 5) is 0. The van der Waals surface area contributed by atoms with E-state index in [2.05, 4.69) is 17.4 Å². The van der Waals surface area contributed by atoms with Crippen LogP contribution in [0.5, 0.6) is 5.75 Å². The Bertz CT molecular complexity index is 423. The van der Waals surface area contributed by atoms with Gasteiger partial charge in [0.1, 0.15) is 5.75 Å². The molecule has 0 radical (unpaired) electrons. The Morgan fingerprint density at radius 2 is 2.21 bits per heavy atom. The maximum absolute atomic E-state index is 6.08. The molecule has 0 amide bonds. The number of hydrogen-bond donors (Lipinski definition) is 2. The summed E-state index contributed by atoms with van der Waals surface area (Å²) in [6.45, 7) is 2.10. The normalized spacial score (nSPS) is 22.1. The van der Waals surface area contributed by atoms with Gasteiger partial charge in [0.25, 0.3) is 0 Å². The van der Waals surface area contributed by atoms with Gasteiger partial charge in [-0.3, -0.25) is 0 Å². The smallest absolute Gasteiger partial charge is 0.119 e. The van der Waals surface area contributed by atoms with E-state index in [0.29, 0.717) is 13.2 Å². The van der Waals surface area contributed by atoms with Crippen molar-refractivity contribution in [3.05, 3.63) is 29.3 Å². The molecule has 1 aliphatic carbocycles. The summed E-state index contributed by atoms with van der Waals surface area (Å²) in [5, 5.41) is 3.59. The maximum Gasteiger partial charge on any atom is 0.119 e. The Morgan fingerprint density at radius 3 is 2.89 bits per heavy atom. The zero-order chi connectivity index (χ0) is 13.7. The second-order valence-corrected chi connectivity index (χ2v) is 5.08. The van der Waals surface area contributed by atoms with Crippen LogP contribution in [0.15, 0.2) is 18.2 Å². The van der Waals surface area contributed by atoms with E-state index in [9.17, 15) is 0 Å². The molecular weight excluding hydrogens is 240 g/mol. The van der Waals surface area contributed by atoms with Gasteiger partial charge in [-0.1, -0.05) is 6.07 Å². The zero-order valence-electron chi connectivity index (χ0n) is 11.9. The van der Waals surface area contributed by atoms with Crippen molar-refractivity contribution in [3.8, 4) is 5.75 Å². The highest BCUT2D eigenvalue weighted by atomic mass is 16.5. The van der Waals surface area contributed by atoms with E-state index in [0.717, 1.165) is 31.6 Å². The number of fused-ring (bicyclic) bond motifs is 1. The molecule has 1 unspecified atom stereocenters. The lowest BCUT2D eigenvalue weighted by Crippen LogP contribution is -2.51. The lowest BCUT2D eigenvalue weighted by molar-refractivity contribution is 0.178. The molecule has 0 spiro atoms. The molecule has 1 aromatic carbocycles. The first-order valence-electron chi connectivity index (χ1n) is 6.87. The standard InChI is InChI=1S/C15H24N2O2/c1-18-9-8-17-15(11-16)7-3-4-12-5-6-13(19-2)10-14(12)15/h5-6,10,17H,3-4,7-9,11,16H2,1-2H3. The Labute approximate surface area is 115 Å². The van der Waals surface area contributed by atoms with Crippen LogP contribution < -0.4 is 15.8 Å². The van der Waals surface area contributed by atoms with Gasteiger partial charge in [0.05, 0.1) is 19.3 Å². The maximum atomic E-state index is 6.08. The zero-order valence-corrected chi connectivity index (χ0v) is 11.9. The number of nitrogens with one attached hydrogen (secondary N) is 1. The van der Waals surface area contributed by atoms with E-state index >= 15 is 0 Å². The highest BCUT2D eigenvalue weighted by molar-refractivity contribution is 5.42. The third kappa shape index (κ3) is 2.91. The Morgan fingerprint density at radius 1 is 1.37 bits per heavy atom. The number of methoxy groups -OCH3 is 2. The molecule has 1 atom stereocenters. The van der Waals surface area contributed by atoms with Crippen molar-refractivity contribution in [2.24, 2.45) is 5.73 Å². The van der Waals surface area contributed by atoms with Crippen LogP contribution in [0.25, 0.3) is 0 Å². The summed E-state index contributed by atoms with van der Waals surface area (Å²) in [5.41, 5.74) is 8.61. The van der Waals surface area contributed by atoms with Crippen molar-refractivity contribution in [3.63, 3.8) is 0 Å². The average Bonchev–Trinajstić information content (AvgIpc) is 2.47. The van der Waals surface area contributed by atoms with Gasteiger partial charge in [-0.25, -0.2) is 0 Å². The van der Waals surface area contributed by atoms with Crippen LogP contribution in [-0.4, -0.2) is 33.9 Å². The third-order valence-electron chi connectivity index (χ3n) is 4.00. The molecule has 0 aliphatic heterocycles. The van der Waals surface area contributed by atoms with Gasteiger partial charge in [0, 0.05) is 20.2 Å². The molecule has 2 rings (SSSR count). The van der Waals surface area contributed by atoms with Crippen LogP contribution in [0.4, 0.5) is 0 Å². The first kappa shape index (κ1) is 14.3. The Kier molecular flexibility index (Phi) is 4.80. The van der Waals surface area contributed by atoms with Gasteiger partial charge in [-0.15, -0.1) is 0 Å². The SMILES string of the molecule is COCCNC1(CN)CCCc2ccc(OC)cc21. The lowest BCUT2D eigenvalue weighted by atomic mass is 9.76. The van der Waals surface area contributed by atoms with Gasteiger partial charge in [0.15, 0.2) is 0 Å². The first-order chi connectivity index (χ1) is 9.25. The van der Waals surface area contributed by atoms with E-state index in [1.54, 1.807) is 14.2 Å². The first-order valence-corrected chi connectivity index (χ1v) is 6.87. The second-order valence-electron chi connectivity index (χ2n) is 5.08. The quantitative estimate of drug-likeness (QED) is 0.763. The van der Waals surface area contributed by atoms with Gasteiger partial charge in [-0.2, -0.15) is 0 Å². The van der Waals surface area contributed by atoms with Crippen molar-refractivity contribution >= 4 is 0 Å². The summed E-state index contributed by atoms with van der Waals surface area (Å²) in [5.74, 6) is 0.895. The monoisotopic (exact) mass is 264 g/mol. The minimum Gasteiger partial charge on any atom is -0.497 e. The number of aryl methyl sites for hydroxylation is 1. The van der Waals surface area contributed by atoms with Crippen LogP contribution in [0, 0.1) is 0 Å². The number of nitrogens with two attached hydrogens (primary N) is 1. The summed E-state index contributed by atoms with van der Waals surface area (Å²) in [7, 11) is 3.42. The van der Waals surface area contributed by atoms with E-state index in [-0.39, 0.29) is 5.54 Å². The molecule has 19 heavy (non-hydrogen) atoms. The van der Waals surface area contributed by atoms with Crippen LogP contribution >= 0.6 is 0 Å². The van der Waals surface area contributed by atoms with Crippen molar-refractivity contribution in [2.45, 2.75) is 24.8 Å². The van der Waals surface area contributed by atoms with Crippen molar-refractivity contribution in [2.75, 3.05) is 33.9 Å². The minimum absolute atomic E-state index is 0.138. The molecule has 0 heterocycles. The Balaban J connectivity index is 2.30. The molecule has 3 N–H and O–H groups in total. The second kappa shape index (κ2) is 6.37. The fourth-order valence-corrected chi connectivity index (χ4v) is 2.92. The molecule has 0 bridgehead atoms. The highest BCUT2D eigenvalue weighted by Crippen LogP contribution is 2.36. The van der Waals surface area contributed by atoms with Crippen molar-refractivity contribution < 1.29 is 9.47 Å². The molecule has 1 aliphatic rings. The van der Waals surface area contributed by atoms with Crippen molar-refractivity contribution in [1.29, 1.82) is 0 Å². The topological polar surface area (TPSA) is 56.5 Å². The number of hydrogen-bond acceptors (Lipinski definition) is 4. The molecule has 1 aromatic rings. The summed E-state index contributed by atoms with van der Waals surface area (Å²) in [6.07, 6.45) is 3.34. The minimum atomic E-state index is -0.138. The average molecular weight is 264 g/mol. The van der Waals surface area contributed by atoms with Crippen molar-refractivity contribution in [1.82, 2.24) is 5.32 Å². The van der Waals surface area contributed by atoms with Crippen LogP contribution in [-0.2, 0) is 16.7 Å². The van der Waals surface area contributed by atoms with Crippen LogP contribution in [0.1, 0.15) is 24.0 Å².